The maximum atomic E-state index is 10.3. The molecule has 0 aliphatic rings. The van der Waals surface area contributed by atoms with Crippen LogP contribution in [0.2, 0.25) is 39.3 Å². The molecule has 14 rings (SSSR count). The molecule has 38 heteroatoms. The third-order valence-corrected chi connectivity index (χ3v) is 14.1. The Morgan fingerprint density at radius 1 is 0.479 bits per heavy atom. The van der Waals surface area contributed by atoms with E-state index in [2.05, 4.69) is 204 Å². The number of aldehydes is 1. The number of aliphatic hydroxyl groups is 2. The summed E-state index contributed by atoms with van der Waals surface area (Å²) in [6, 6.07) is 40.7. The Hall–Kier alpha value is -6.95. The Morgan fingerprint density at radius 2 is 0.769 bits per heavy atom. The van der Waals surface area contributed by atoms with Gasteiger partial charge in [0.25, 0.3) is 0 Å². The van der Waals surface area contributed by atoms with Gasteiger partial charge in [0.05, 0.1) is 37.8 Å². The number of carbonyl (C=O) groups excluding carboxylic acids is 1. The Balaban J connectivity index is -0.000000260. The van der Waals surface area contributed by atoms with Gasteiger partial charge >= 0.3 is 45.5 Å². The second-order valence-corrected chi connectivity index (χ2v) is 32.7. The molecule has 2 N–H and O–H groups in total. The van der Waals surface area contributed by atoms with Crippen molar-refractivity contribution in [1.82, 2.24) is 99.7 Å². The zero-order valence-corrected chi connectivity index (χ0v) is 87.1. The van der Waals surface area contributed by atoms with Gasteiger partial charge in [-0.3, -0.25) is 4.79 Å². The minimum atomic E-state index is -1.69. The average Bonchev–Trinajstić information content (AvgIpc) is 0.864. The number of benzene rings is 4. The quantitative estimate of drug-likeness (QED) is 0.0255. The number of rotatable bonds is 14. The Labute approximate surface area is 812 Å². The van der Waals surface area contributed by atoms with Crippen molar-refractivity contribution in [3.63, 3.8) is 0 Å². The van der Waals surface area contributed by atoms with Gasteiger partial charge in [0.15, 0.2) is 66.1 Å². The van der Waals surface area contributed by atoms with Crippen LogP contribution in [0.4, 0.5) is 0 Å². The number of alkyl halides is 2. The van der Waals surface area contributed by atoms with Crippen molar-refractivity contribution >= 4 is 162 Å². The summed E-state index contributed by atoms with van der Waals surface area (Å²) in [6.45, 7) is 36.2. The molecule has 0 fully saturated rings. The summed E-state index contributed by atoms with van der Waals surface area (Å²) in [5.41, 5.74) is 6.87. The van der Waals surface area contributed by atoms with Crippen LogP contribution in [0.25, 0.3) is 55.8 Å². The molecule has 4 aromatic carbocycles. The van der Waals surface area contributed by atoms with E-state index in [9.17, 15) is 9.90 Å². The van der Waals surface area contributed by atoms with Crippen LogP contribution >= 0.6 is 45.2 Å². The number of aliphatic hydroxyl groups excluding tert-OH is 2. The van der Waals surface area contributed by atoms with E-state index in [4.69, 9.17) is 38.0 Å². The average molecular weight is 2400 g/mol. The van der Waals surface area contributed by atoms with Crippen molar-refractivity contribution in [3.05, 3.63) is 273 Å². The molecule has 10 heterocycles. The number of ether oxygens (including phenoxy) is 2. The molecule has 0 saturated heterocycles. The normalized spacial score (nSPS) is 10.6. The summed E-state index contributed by atoms with van der Waals surface area (Å²) >= 11 is 2.81. The minimum Gasteiger partial charge on any atom is -1.00 e. The van der Waals surface area contributed by atoms with Crippen molar-refractivity contribution < 1.29 is 107 Å². The fourth-order valence-corrected chi connectivity index (χ4v) is 8.02. The number of carbonyl (C=O) groups is 1. The fraction of sp³-hybridized carbons (Fsp3) is 0.325. The molecule has 0 saturated carbocycles. The number of hydrogen-bond acceptors (Lipinski definition) is 29. The summed E-state index contributed by atoms with van der Waals surface area (Å²) in [5.74, 6) is 1.77. The first-order chi connectivity index (χ1) is 57.9. The molecule has 29 nitrogen and oxygen atoms in total. The van der Waals surface area contributed by atoms with Crippen LogP contribution in [0, 0.1) is 20.1 Å². The van der Waals surface area contributed by atoms with Crippen LogP contribution in [0.5, 0.6) is 0 Å². The summed E-state index contributed by atoms with van der Waals surface area (Å²) in [5, 5.41) is 19.3. The van der Waals surface area contributed by atoms with E-state index < -0.39 is 56.6 Å². The topological polar surface area (TPSA) is 386 Å². The maximum absolute atomic E-state index is 10.3. The van der Waals surface area contributed by atoms with E-state index in [1.54, 1.807) is 31.5 Å². The standard InChI is InChI=1S/C17H20N4O2Si.C14H12N4O2.C13H10N4O.C7H4N4O.C7H6N4.C6H5.C4H11OSi.C2H5I.5C2H6.CH3I.2CH4.BrH.Mg.O2Se.2W/c1-24(2,3)23-12-22-15(13-7-5-4-6-8-13)17-20-11-14-16(21-17)19-10-9-18-14;19-9-20-12(10-4-2-1-3-5-10)14-17-8-11-13(18-14)16-7-6-15-11;18-11(9-4-2-1-3-5-9)13-16-8-10-12(17-13)15-7-6-14-10;12-4-6-10-3-5-7(11-6)9-2-1-8-5;1-5-10-4-6-7(11-5)9-3-2-8-6;1-2-4-6-5-3-1;1-5-6(2,3)4;1-2-3;6*1-2;;;;;1-3-2;;/h4-11,15H,12H2,1-3H3;1-8,12,19H,9H2;1-8,11,18H;1-4H;2-4H,1H3;1-5H;1H2,2-4H3;2H2,1H3;5*1-2H3;1H3;2*1H4;1H;;;;/q;;;;;2*-1;;;;;;;;;;;+2;;;/p-1/i10D;2*7D;2D;3D;;;;;;;;;;;;;;;;. The van der Waals surface area contributed by atoms with E-state index in [0.29, 0.717) is 79.5 Å². The van der Waals surface area contributed by atoms with Crippen molar-refractivity contribution in [2.75, 3.05) is 22.9 Å². The Morgan fingerprint density at radius 3 is 1.07 bits per heavy atom. The smallest absolute Gasteiger partial charge is 1.00 e. The van der Waals surface area contributed by atoms with Crippen LogP contribution in [0.15, 0.2) is 214 Å². The third-order valence-electron chi connectivity index (χ3n) is 12.3. The number of hydrogen-bond donors (Lipinski definition) is 2. The SMILES string of the molecule is C.C.CC.CC.CC.CC.CC.CCI.CI.O=[Se]=O.[2H]c1cnc2cnc(C(O)c3ccccc3)nc2n1.[2H]c1cnc2cnc(C(OCO)c3ccccc3)nc2n1.[2H]c1cnc2cnc(C(OCO[Si](C)(C)C)c3ccccc3)nc2n1.[2H]c1cnc2cnc(C)nc2n1.[2H]c1cnc2cnc(C=O)nc2n1.[Br-].[CH2-]O[Si](C)(C)C.[Mg+2].[W].[W].[c-]1ccccc1. The van der Waals surface area contributed by atoms with Crippen LogP contribution in [-0.2, 0) is 68.1 Å². The van der Waals surface area contributed by atoms with Crippen molar-refractivity contribution in [1.29, 1.82) is 0 Å². The van der Waals surface area contributed by atoms with Gasteiger partial charge in [0, 0.05) is 104 Å². The Bertz CT molecular complexity index is 5110. The van der Waals surface area contributed by atoms with E-state index in [1.807, 2.05) is 183 Å². The van der Waals surface area contributed by atoms with Crippen molar-refractivity contribution in [3.8, 4) is 0 Å². The van der Waals surface area contributed by atoms with E-state index in [-0.39, 0.29) is 152 Å². The van der Waals surface area contributed by atoms with Crippen LogP contribution < -0.4 is 17.0 Å². The van der Waals surface area contributed by atoms with E-state index >= 15 is 0 Å². The molecule has 0 amide bonds. The van der Waals surface area contributed by atoms with Gasteiger partial charge in [0.2, 0.25) is 0 Å². The second kappa shape index (κ2) is 80.2. The maximum Gasteiger partial charge on any atom is 2.00 e. The van der Waals surface area contributed by atoms with Gasteiger partial charge in [0.1, 0.15) is 73.6 Å². The second-order valence-electron chi connectivity index (χ2n) is 21.9. The number of halogens is 3. The molecule has 0 radical (unpaired) electrons. The molecule has 121 heavy (non-hydrogen) atoms. The number of nitrogens with zero attached hydrogens (tertiary/aromatic N) is 20. The van der Waals surface area contributed by atoms with Crippen LogP contribution in [0.3, 0.4) is 0 Å². The summed E-state index contributed by atoms with van der Waals surface area (Å²) in [4.78, 5) is 93.1. The minimum absolute atomic E-state index is 0. The molecular weight excluding hydrogens is 2280 g/mol. The van der Waals surface area contributed by atoms with Gasteiger partial charge < -0.3 is 45.5 Å². The third kappa shape index (κ3) is 53.1. The van der Waals surface area contributed by atoms with Crippen LogP contribution in [-0.4, -0.2) is 194 Å². The molecular formula is C83H114BrI2MgN20O9SeSi2W2-. The van der Waals surface area contributed by atoms with E-state index in [0.717, 1.165) is 11.1 Å². The summed E-state index contributed by atoms with van der Waals surface area (Å²) in [7, 11) is 0.386. The van der Waals surface area contributed by atoms with Gasteiger partial charge in [-0.25, -0.2) is 107 Å². The van der Waals surface area contributed by atoms with Gasteiger partial charge in [-0.2, -0.15) is 36.4 Å². The predicted octanol–water partition coefficient (Wildman–Crippen LogP) is 15.3. The molecule has 0 spiro atoms. The molecule has 10 aromatic heterocycles. The summed E-state index contributed by atoms with van der Waals surface area (Å²) in [6.07, 6.45) is 13.2. The molecule has 0 aliphatic heterocycles. The zero-order valence-electron chi connectivity index (χ0n) is 75.2. The molecule has 0 bridgehead atoms. The van der Waals surface area contributed by atoms with E-state index in [1.165, 1.54) is 54.0 Å². The molecule has 3 atom stereocenters. The van der Waals surface area contributed by atoms with Crippen LogP contribution in [0.1, 0.15) is 167 Å². The molecule has 0 aliphatic carbocycles. The molecule has 3 unspecified atom stereocenters. The van der Waals surface area contributed by atoms with Gasteiger partial charge in [-0.15, -0.1) is 0 Å². The molecule has 14 aromatic rings. The first-order valence-corrected chi connectivity index (χ1v) is 48.0. The Kier molecular flexibility index (Phi) is 76.9. The van der Waals surface area contributed by atoms with Crippen molar-refractivity contribution in [2.24, 2.45) is 0 Å². The van der Waals surface area contributed by atoms with Gasteiger partial charge in [-0.1, -0.05) is 227 Å². The number of fused-ring (bicyclic) bond motifs is 5. The monoisotopic (exact) mass is 2400 g/mol. The summed E-state index contributed by atoms with van der Waals surface area (Å²) < 4.78 is 77.0. The molecule has 650 valence electrons. The fourth-order valence-electron chi connectivity index (χ4n) is 7.60. The largest absolute Gasteiger partial charge is 2.00 e. The van der Waals surface area contributed by atoms with Crippen molar-refractivity contribution in [2.45, 2.75) is 156 Å². The first-order valence-electron chi connectivity index (χ1n) is 38.6. The predicted molar refractivity (Wildman–Crippen MR) is 494 cm³/mol. The zero-order chi connectivity index (χ0) is 90.4. The number of aromatic nitrogens is 20. The first kappa shape index (κ1) is 116. The number of aryl methyl sites for hydroxylation is 1. The van der Waals surface area contributed by atoms with Gasteiger partial charge in [-0.05, 0) is 72.3 Å².